The predicted molar refractivity (Wildman–Crippen MR) is 104 cm³/mol. The zero-order valence-corrected chi connectivity index (χ0v) is 15.5. The molecule has 134 valence electrons. The molecule has 1 N–H and O–H groups in total. The van der Waals surface area contributed by atoms with Gasteiger partial charge < -0.3 is 5.32 Å². The minimum absolute atomic E-state index is 0.0203. The number of thiophene rings is 1. The number of benzene rings is 1. The van der Waals surface area contributed by atoms with Gasteiger partial charge in [-0.2, -0.15) is 5.10 Å². The van der Waals surface area contributed by atoms with Crippen LogP contribution in [0, 0.1) is 6.92 Å². The van der Waals surface area contributed by atoms with Crippen molar-refractivity contribution in [2.45, 2.75) is 32.9 Å². The van der Waals surface area contributed by atoms with Gasteiger partial charge in [-0.1, -0.05) is 35.9 Å². The summed E-state index contributed by atoms with van der Waals surface area (Å²) >= 11 is 1.58. The second-order valence-corrected chi connectivity index (χ2v) is 7.07. The summed E-state index contributed by atoms with van der Waals surface area (Å²) in [7, 11) is 0. The number of nitrogens with one attached hydrogen (secondary N) is 1. The average molecular weight is 367 g/mol. The van der Waals surface area contributed by atoms with Crippen LogP contribution < -0.4 is 10.9 Å². The van der Waals surface area contributed by atoms with E-state index < -0.39 is 0 Å². The fourth-order valence-corrected chi connectivity index (χ4v) is 3.24. The van der Waals surface area contributed by atoms with Crippen molar-refractivity contribution in [3.05, 3.63) is 75.4 Å². The van der Waals surface area contributed by atoms with Gasteiger partial charge in [-0.15, -0.1) is 11.3 Å². The molecule has 0 spiro atoms. The largest absolute Gasteiger partial charge is 0.352 e. The smallest absolute Gasteiger partial charge is 0.266 e. The molecule has 3 aromatic rings. The normalized spacial score (nSPS) is 10.7. The van der Waals surface area contributed by atoms with Crippen LogP contribution >= 0.6 is 11.3 Å². The van der Waals surface area contributed by atoms with Crippen LogP contribution in [0.1, 0.15) is 24.0 Å². The first-order chi connectivity index (χ1) is 12.6. The summed E-state index contributed by atoms with van der Waals surface area (Å²) in [4.78, 5) is 25.0. The van der Waals surface area contributed by atoms with Gasteiger partial charge in [0.1, 0.15) is 5.69 Å². The molecule has 0 saturated heterocycles. The standard InChI is InChI=1S/C20H21N3O2S/c1-15-6-8-16(9-7-15)14-21-19(24)5-2-12-23-20(25)11-10-17(22-23)18-4-3-13-26-18/h3-4,6-11,13H,2,5,12,14H2,1H3,(H,21,24). The number of amides is 1. The van der Waals surface area contributed by atoms with Gasteiger partial charge in [0.15, 0.2) is 0 Å². The highest BCUT2D eigenvalue weighted by Gasteiger charge is 2.06. The van der Waals surface area contributed by atoms with E-state index in [-0.39, 0.29) is 11.5 Å². The molecule has 0 radical (unpaired) electrons. The van der Waals surface area contributed by atoms with Crippen LogP contribution in [-0.2, 0) is 17.9 Å². The highest BCUT2D eigenvalue weighted by Crippen LogP contribution is 2.21. The predicted octanol–water partition coefficient (Wildman–Crippen LogP) is 3.38. The quantitative estimate of drug-likeness (QED) is 0.696. The van der Waals surface area contributed by atoms with Gasteiger partial charge in [-0.05, 0) is 36.4 Å². The van der Waals surface area contributed by atoms with E-state index in [0.717, 1.165) is 16.1 Å². The Balaban J connectivity index is 1.49. The Kier molecular flexibility index (Phi) is 5.96. The number of nitrogens with zero attached hydrogens (tertiary/aromatic N) is 2. The second kappa shape index (κ2) is 8.58. The van der Waals surface area contributed by atoms with Crippen molar-refractivity contribution in [1.82, 2.24) is 15.1 Å². The van der Waals surface area contributed by atoms with E-state index in [0.29, 0.717) is 25.9 Å². The fourth-order valence-electron chi connectivity index (χ4n) is 2.55. The first-order valence-electron chi connectivity index (χ1n) is 8.56. The molecule has 5 nitrogen and oxygen atoms in total. The summed E-state index contributed by atoms with van der Waals surface area (Å²) in [6, 6.07) is 15.3. The van der Waals surface area contributed by atoms with Crippen molar-refractivity contribution in [1.29, 1.82) is 0 Å². The topological polar surface area (TPSA) is 64.0 Å². The van der Waals surface area contributed by atoms with Crippen molar-refractivity contribution < 1.29 is 4.79 Å². The van der Waals surface area contributed by atoms with Gasteiger partial charge >= 0.3 is 0 Å². The number of aryl methyl sites for hydroxylation is 2. The van der Waals surface area contributed by atoms with E-state index >= 15 is 0 Å². The number of carbonyl (C=O) groups is 1. The van der Waals surface area contributed by atoms with Crippen LogP contribution in [0.2, 0.25) is 0 Å². The van der Waals surface area contributed by atoms with Gasteiger partial charge in [0.05, 0.1) is 4.88 Å². The maximum absolute atomic E-state index is 12.0. The maximum atomic E-state index is 12.0. The molecule has 0 saturated carbocycles. The van der Waals surface area contributed by atoms with E-state index in [9.17, 15) is 9.59 Å². The Hall–Kier alpha value is -2.73. The highest BCUT2D eigenvalue weighted by molar-refractivity contribution is 7.13. The third kappa shape index (κ3) is 4.89. The zero-order chi connectivity index (χ0) is 18.4. The molecule has 0 atom stereocenters. The van der Waals surface area contributed by atoms with Crippen LogP contribution in [-0.4, -0.2) is 15.7 Å². The number of hydrogen-bond donors (Lipinski definition) is 1. The molecular weight excluding hydrogens is 346 g/mol. The van der Waals surface area contributed by atoms with Crippen LogP contribution in [0.5, 0.6) is 0 Å². The molecule has 0 aliphatic heterocycles. The Morgan fingerprint density at radius 1 is 1.15 bits per heavy atom. The van der Waals surface area contributed by atoms with Crippen molar-refractivity contribution >= 4 is 17.2 Å². The molecule has 6 heteroatoms. The number of aromatic nitrogens is 2. The third-order valence-electron chi connectivity index (χ3n) is 4.02. The van der Waals surface area contributed by atoms with Crippen molar-refractivity contribution in [2.24, 2.45) is 0 Å². The molecule has 1 aromatic carbocycles. The van der Waals surface area contributed by atoms with Gasteiger partial charge in [0.2, 0.25) is 5.91 Å². The number of hydrogen-bond acceptors (Lipinski definition) is 4. The minimum atomic E-state index is -0.148. The van der Waals surface area contributed by atoms with Crippen LogP contribution in [0.25, 0.3) is 10.6 Å². The molecule has 0 aliphatic rings. The SMILES string of the molecule is Cc1ccc(CNC(=O)CCCn2nc(-c3cccs3)ccc2=O)cc1. The van der Waals surface area contributed by atoms with Crippen molar-refractivity contribution in [3.63, 3.8) is 0 Å². The Bertz CT molecular complexity index is 915. The lowest BCUT2D eigenvalue weighted by Gasteiger charge is -2.07. The summed E-state index contributed by atoms with van der Waals surface area (Å²) in [5.74, 6) is -0.0203. The first-order valence-corrected chi connectivity index (χ1v) is 9.44. The van der Waals surface area contributed by atoms with Crippen LogP contribution in [0.4, 0.5) is 0 Å². The lowest BCUT2D eigenvalue weighted by molar-refractivity contribution is -0.121. The molecule has 0 aliphatic carbocycles. The van der Waals surface area contributed by atoms with E-state index in [1.54, 1.807) is 17.4 Å². The Morgan fingerprint density at radius 3 is 2.69 bits per heavy atom. The summed E-state index contributed by atoms with van der Waals surface area (Å²) < 4.78 is 1.43. The lowest BCUT2D eigenvalue weighted by atomic mass is 10.1. The highest BCUT2D eigenvalue weighted by atomic mass is 32.1. The Morgan fingerprint density at radius 2 is 1.96 bits per heavy atom. The van der Waals surface area contributed by atoms with E-state index in [4.69, 9.17) is 0 Å². The monoisotopic (exact) mass is 367 g/mol. The van der Waals surface area contributed by atoms with Crippen LogP contribution in [0.15, 0.2) is 58.7 Å². The molecule has 0 unspecified atom stereocenters. The molecular formula is C20H21N3O2S. The zero-order valence-electron chi connectivity index (χ0n) is 14.6. The van der Waals surface area contributed by atoms with Gasteiger partial charge in [-0.25, -0.2) is 4.68 Å². The molecule has 3 rings (SSSR count). The van der Waals surface area contributed by atoms with E-state index in [1.165, 1.54) is 16.3 Å². The van der Waals surface area contributed by atoms with E-state index in [1.807, 2.05) is 48.7 Å². The fraction of sp³-hybridized carbons (Fsp3) is 0.250. The molecule has 2 heterocycles. The second-order valence-electron chi connectivity index (χ2n) is 6.12. The van der Waals surface area contributed by atoms with Crippen molar-refractivity contribution in [2.75, 3.05) is 0 Å². The van der Waals surface area contributed by atoms with Gasteiger partial charge in [0.25, 0.3) is 5.56 Å². The lowest BCUT2D eigenvalue weighted by Crippen LogP contribution is -2.25. The molecule has 2 aromatic heterocycles. The summed E-state index contributed by atoms with van der Waals surface area (Å²) in [5.41, 5.74) is 2.90. The minimum Gasteiger partial charge on any atom is -0.352 e. The number of rotatable bonds is 7. The summed E-state index contributed by atoms with van der Waals surface area (Å²) in [5, 5.41) is 9.28. The van der Waals surface area contributed by atoms with Crippen LogP contribution in [0.3, 0.4) is 0 Å². The first kappa shape index (κ1) is 18.1. The van der Waals surface area contributed by atoms with Gasteiger partial charge in [0, 0.05) is 25.6 Å². The maximum Gasteiger partial charge on any atom is 0.266 e. The van der Waals surface area contributed by atoms with E-state index in [2.05, 4.69) is 10.4 Å². The molecule has 0 bridgehead atoms. The summed E-state index contributed by atoms with van der Waals surface area (Å²) in [6.45, 7) is 2.98. The molecule has 26 heavy (non-hydrogen) atoms. The van der Waals surface area contributed by atoms with Gasteiger partial charge in [-0.3, -0.25) is 9.59 Å². The Labute approximate surface area is 156 Å². The molecule has 0 fully saturated rings. The molecule has 1 amide bonds. The average Bonchev–Trinajstić information content (AvgIpc) is 3.17. The summed E-state index contributed by atoms with van der Waals surface area (Å²) in [6.07, 6.45) is 0.934. The van der Waals surface area contributed by atoms with Crippen molar-refractivity contribution in [3.8, 4) is 10.6 Å². The number of carbonyl (C=O) groups excluding carboxylic acids is 1. The third-order valence-corrected chi connectivity index (χ3v) is 4.92.